The number of benzene rings is 1. The zero-order valence-electron chi connectivity index (χ0n) is 11.5. The topological polar surface area (TPSA) is 41.3 Å². The van der Waals surface area contributed by atoms with Gasteiger partial charge in [0.1, 0.15) is 0 Å². The minimum absolute atomic E-state index is 0.451. The number of β-amino-alcohol motifs (C(OH)–C–C–N with tert-alkyl or cyclic N) is 1. The molecule has 1 unspecified atom stereocenters. The first-order chi connectivity index (χ1) is 9.63. The first kappa shape index (κ1) is 13.8. The lowest BCUT2D eigenvalue weighted by molar-refractivity contribution is 0.105. The summed E-state index contributed by atoms with van der Waals surface area (Å²) in [6, 6.07) is 7.85. The summed E-state index contributed by atoms with van der Waals surface area (Å²) in [6.45, 7) is 2.45. The summed E-state index contributed by atoms with van der Waals surface area (Å²) in [5.74, 6) is 0. The summed E-state index contributed by atoms with van der Waals surface area (Å²) in [5, 5.41) is 10.3. The van der Waals surface area contributed by atoms with Crippen molar-refractivity contribution in [1.29, 1.82) is 0 Å². The van der Waals surface area contributed by atoms with Gasteiger partial charge in [-0.3, -0.25) is 4.90 Å². The molecule has 0 spiro atoms. The third kappa shape index (κ3) is 2.80. The number of aryl methyl sites for hydroxylation is 1. The third-order valence-corrected chi connectivity index (χ3v) is 4.40. The van der Waals surface area contributed by atoms with E-state index in [1.54, 1.807) is 0 Å². The van der Waals surface area contributed by atoms with Crippen molar-refractivity contribution in [3.8, 4) is 0 Å². The van der Waals surface area contributed by atoms with Crippen LogP contribution in [0.2, 0.25) is 0 Å². The second kappa shape index (κ2) is 5.68. The van der Waals surface area contributed by atoms with E-state index in [2.05, 4.69) is 30.4 Å². The van der Waals surface area contributed by atoms with E-state index in [0.717, 1.165) is 35.2 Å². The first-order valence-corrected chi connectivity index (χ1v) is 7.58. The van der Waals surface area contributed by atoms with Crippen LogP contribution in [0.5, 0.6) is 0 Å². The molecular weight excluding hydrogens is 318 g/mol. The smallest absolute Gasteiger partial charge is 0.0949 e. The largest absolute Gasteiger partial charge is 0.387 e. The first-order valence-electron chi connectivity index (χ1n) is 6.78. The van der Waals surface area contributed by atoms with E-state index >= 15 is 0 Å². The molecule has 106 valence electrons. The minimum Gasteiger partial charge on any atom is -0.387 e. The van der Waals surface area contributed by atoms with Gasteiger partial charge in [0.2, 0.25) is 0 Å². The molecular formula is C15H18BrN3O. The van der Waals surface area contributed by atoms with Crippen molar-refractivity contribution in [1.82, 2.24) is 14.5 Å². The normalized spacial score (nSPS) is 16.9. The van der Waals surface area contributed by atoms with Gasteiger partial charge in [-0.15, -0.1) is 0 Å². The number of hydrogen-bond acceptors (Lipinski definition) is 3. The standard InChI is InChI=1S/C15H18BrN3O/c1-18-10-17-13-8-19(7-6-14(13)18)9-15(20)11-2-4-12(16)5-3-11/h2-5,10,15,20H,6-9H2,1H3. The molecule has 2 heterocycles. The lowest BCUT2D eigenvalue weighted by Crippen LogP contribution is -2.34. The van der Waals surface area contributed by atoms with Gasteiger partial charge in [-0.2, -0.15) is 0 Å². The number of rotatable bonds is 3. The van der Waals surface area contributed by atoms with Crippen LogP contribution in [0.25, 0.3) is 0 Å². The predicted molar refractivity (Wildman–Crippen MR) is 81.3 cm³/mol. The van der Waals surface area contributed by atoms with Gasteiger partial charge in [0, 0.05) is 43.3 Å². The lowest BCUT2D eigenvalue weighted by atomic mass is 10.1. The van der Waals surface area contributed by atoms with Crippen LogP contribution in [0.1, 0.15) is 23.1 Å². The van der Waals surface area contributed by atoms with Crippen LogP contribution in [0, 0.1) is 0 Å². The van der Waals surface area contributed by atoms with E-state index in [0.29, 0.717) is 6.54 Å². The number of imidazole rings is 1. The maximum absolute atomic E-state index is 10.3. The van der Waals surface area contributed by atoms with Gasteiger partial charge < -0.3 is 9.67 Å². The Morgan fingerprint density at radius 3 is 2.85 bits per heavy atom. The van der Waals surface area contributed by atoms with Crippen LogP contribution in [-0.2, 0) is 20.0 Å². The van der Waals surface area contributed by atoms with E-state index in [-0.39, 0.29) is 0 Å². The van der Waals surface area contributed by atoms with E-state index < -0.39 is 6.10 Å². The number of halogens is 1. The maximum Gasteiger partial charge on any atom is 0.0949 e. The summed E-state index contributed by atoms with van der Waals surface area (Å²) in [5.41, 5.74) is 3.42. The molecule has 5 heteroatoms. The molecule has 1 N–H and O–H groups in total. The molecule has 0 fully saturated rings. The van der Waals surface area contributed by atoms with Crippen LogP contribution in [0.3, 0.4) is 0 Å². The molecule has 0 saturated carbocycles. The van der Waals surface area contributed by atoms with Crippen molar-refractivity contribution in [2.24, 2.45) is 7.05 Å². The van der Waals surface area contributed by atoms with Gasteiger partial charge in [0.05, 0.1) is 18.1 Å². The molecule has 2 aromatic rings. The number of nitrogens with zero attached hydrogens (tertiary/aromatic N) is 3. The maximum atomic E-state index is 10.3. The molecule has 1 aromatic heterocycles. The number of fused-ring (bicyclic) bond motifs is 1. The Balaban J connectivity index is 1.66. The molecule has 3 rings (SSSR count). The number of aliphatic hydroxyl groups is 1. The van der Waals surface area contributed by atoms with E-state index in [1.165, 1.54) is 5.69 Å². The summed E-state index contributed by atoms with van der Waals surface area (Å²) in [4.78, 5) is 6.70. The van der Waals surface area contributed by atoms with Gasteiger partial charge in [-0.05, 0) is 17.7 Å². The van der Waals surface area contributed by atoms with Crippen LogP contribution in [0.15, 0.2) is 35.1 Å². The molecule has 4 nitrogen and oxygen atoms in total. The van der Waals surface area contributed by atoms with Gasteiger partial charge >= 0.3 is 0 Å². The third-order valence-electron chi connectivity index (χ3n) is 3.87. The van der Waals surface area contributed by atoms with E-state index in [1.807, 2.05) is 37.6 Å². The Hall–Kier alpha value is -1.17. The molecule has 20 heavy (non-hydrogen) atoms. The van der Waals surface area contributed by atoms with Crippen LogP contribution >= 0.6 is 15.9 Å². The van der Waals surface area contributed by atoms with Gasteiger partial charge in [0.25, 0.3) is 0 Å². The van der Waals surface area contributed by atoms with Gasteiger partial charge in [-0.25, -0.2) is 4.98 Å². The molecule has 0 bridgehead atoms. The number of aliphatic hydroxyl groups excluding tert-OH is 1. The van der Waals surface area contributed by atoms with Crippen molar-refractivity contribution >= 4 is 15.9 Å². The second-order valence-electron chi connectivity index (χ2n) is 5.30. The fourth-order valence-electron chi connectivity index (χ4n) is 2.70. The highest BCUT2D eigenvalue weighted by Gasteiger charge is 2.22. The summed E-state index contributed by atoms with van der Waals surface area (Å²) < 4.78 is 3.13. The monoisotopic (exact) mass is 335 g/mol. The van der Waals surface area contributed by atoms with Crippen LogP contribution in [0.4, 0.5) is 0 Å². The summed E-state index contributed by atoms with van der Waals surface area (Å²) in [6.07, 6.45) is 2.42. The molecule has 1 aromatic carbocycles. The molecule has 1 aliphatic heterocycles. The highest BCUT2D eigenvalue weighted by molar-refractivity contribution is 9.10. The fraction of sp³-hybridized carbons (Fsp3) is 0.400. The quantitative estimate of drug-likeness (QED) is 0.935. The van der Waals surface area contributed by atoms with E-state index in [4.69, 9.17) is 0 Å². The molecule has 0 aliphatic carbocycles. The molecule has 1 aliphatic rings. The zero-order chi connectivity index (χ0) is 14.1. The number of hydrogen-bond donors (Lipinski definition) is 1. The lowest BCUT2D eigenvalue weighted by Gasteiger charge is -2.28. The van der Waals surface area contributed by atoms with Crippen molar-refractivity contribution in [3.05, 3.63) is 52.0 Å². The molecule has 1 atom stereocenters. The Kier molecular flexibility index (Phi) is 3.92. The van der Waals surface area contributed by atoms with Crippen molar-refractivity contribution in [2.45, 2.75) is 19.1 Å². The average molecular weight is 336 g/mol. The fourth-order valence-corrected chi connectivity index (χ4v) is 2.97. The Morgan fingerprint density at radius 1 is 1.35 bits per heavy atom. The summed E-state index contributed by atoms with van der Waals surface area (Å²) in [7, 11) is 2.04. The number of aromatic nitrogens is 2. The van der Waals surface area contributed by atoms with Crippen molar-refractivity contribution in [2.75, 3.05) is 13.1 Å². The van der Waals surface area contributed by atoms with Crippen molar-refractivity contribution < 1.29 is 5.11 Å². The Labute approximate surface area is 127 Å². The molecule has 0 saturated heterocycles. The van der Waals surface area contributed by atoms with E-state index in [9.17, 15) is 5.11 Å². The van der Waals surface area contributed by atoms with Crippen LogP contribution < -0.4 is 0 Å². The molecule has 0 amide bonds. The summed E-state index contributed by atoms with van der Waals surface area (Å²) >= 11 is 3.41. The van der Waals surface area contributed by atoms with Crippen LogP contribution in [-0.4, -0.2) is 32.6 Å². The Bertz CT molecular complexity index is 594. The Morgan fingerprint density at radius 2 is 2.10 bits per heavy atom. The SMILES string of the molecule is Cn1cnc2c1CCN(CC(O)c1ccc(Br)cc1)C2. The zero-order valence-corrected chi connectivity index (χ0v) is 13.0. The predicted octanol–water partition coefficient (Wildman–Crippen LogP) is 2.27. The highest BCUT2D eigenvalue weighted by atomic mass is 79.9. The van der Waals surface area contributed by atoms with Gasteiger partial charge in [-0.1, -0.05) is 28.1 Å². The average Bonchev–Trinajstić information content (AvgIpc) is 2.81. The second-order valence-corrected chi connectivity index (χ2v) is 6.22. The van der Waals surface area contributed by atoms with Crippen molar-refractivity contribution in [3.63, 3.8) is 0 Å². The molecule has 0 radical (unpaired) electrons. The minimum atomic E-state index is -0.451. The highest BCUT2D eigenvalue weighted by Crippen LogP contribution is 2.21. The van der Waals surface area contributed by atoms with Gasteiger partial charge in [0.15, 0.2) is 0 Å².